The number of imidazole rings is 1. The first kappa shape index (κ1) is 22.9. The van der Waals surface area contributed by atoms with Crippen molar-refractivity contribution in [2.24, 2.45) is 7.05 Å². The second-order valence-electron chi connectivity index (χ2n) is 7.80. The molecule has 2 heterocycles. The molecule has 0 aliphatic carbocycles. The van der Waals surface area contributed by atoms with Crippen LogP contribution in [0.15, 0.2) is 59.8 Å². The third-order valence-electron chi connectivity index (χ3n) is 5.72. The molecular formula is C23H25FN4O4S. The highest BCUT2D eigenvalue weighted by Gasteiger charge is 2.31. The number of amides is 1. The van der Waals surface area contributed by atoms with E-state index in [-0.39, 0.29) is 5.56 Å². The van der Waals surface area contributed by atoms with E-state index in [9.17, 15) is 17.6 Å². The van der Waals surface area contributed by atoms with Crippen molar-refractivity contribution in [3.05, 3.63) is 77.6 Å². The largest absolute Gasteiger partial charge is 0.496 e. The number of benzene rings is 2. The minimum absolute atomic E-state index is 0.0308. The molecule has 4 rings (SSSR count). The van der Waals surface area contributed by atoms with E-state index in [1.165, 1.54) is 17.5 Å². The van der Waals surface area contributed by atoms with Gasteiger partial charge in [-0.15, -0.1) is 0 Å². The first-order valence-corrected chi connectivity index (χ1v) is 12.0. The van der Waals surface area contributed by atoms with E-state index in [4.69, 9.17) is 4.74 Å². The third kappa shape index (κ3) is 4.49. The summed E-state index contributed by atoms with van der Waals surface area (Å²) in [5.74, 6) is -0.335. The van der Waals surface area contributed by atoms with E-state index < -0.39 is 32.7 Å². The van der Waals surface area contributed by atoms with Crippen molar-refractivity contribution < 1.29 is 22.3 Å². The molecule has 3 aromatic rings. The van der Waals surface area contributed by atoms with Crippen molar-refractivity contribution in [3.63, 3.8) is 0 Å². The van der Waals surface area contributed by atoms with Crippen LogP contribution < -0.4 is 10.1 Å². The lowest BCUT2D eigenvalue weighted by Crippen LogP contribution is -2.32. The Morgan fingerprint density at radius 3 is 2.58 bits per heavy atom. The highest BCUT2D eigenvalue weighted by atomic mass is 32.2. The summed E-state index contributed by atoms with van der Waals surface area (Å²) in [4.78, 5) is 17.1. The number of hydrogen-bond donors (Lipinski definition) is 1. The number of rotatable bonds is 7. The van der Waals surface area contributed by atoms with E-state index in [0.29, 0.717) is 30.2 Å². The molecular weight excluding hydrogens is 447 g/mol. The number of aryl methyl sites for hydroxylation is 1. The first-order valence-electron chi connectivity index (χ1n) is 10.5. The topological polar surface area (TPSA) is 93.5 Å². The van der Waals surface area contributed by atoms with Crippen LogP contribution in [-0.4, -0.2) is 48.4 Å². The van der Waals surface area contributed by atoms with Gasteiger partial charge in [0.1, 0.15) is 28.3 Å². The summed E-state index contributed by atoms with van der Waals surface area (Å²) in [6, 6.07) is 9.91. The van der Waals surface area contributed by atoms with Crippen LogP contribution in [0.3, 0.4) is 0 Å². The molecule has 174 valence electrons. The van der Waals surface area contributed by atoms with E-state index in [1.54, 1.807) is 30.1 Å². The lowest BCUT2D eigenvalue weighted by Gasteiger charge is -2.21. The average molecular weight is 473 g/mol. The van der Waals surface area contributed by atoms with Crippen LogP contribution in [0.2, 0.25) is 0 Å². The second-order valence-corrected chi connectivity index (χ2v) is 9.71. The summed E-state index contributed by atoms with van der Waals surface area (Å²) < 4.78 is 48.8. The Hall–Kier alpha value is -3.24. The molecule has 0 saturated carbocycles. The molecule has 1 fully saturated rings. The maximum Gasteiger partial charge on any atom is 0.252 e. The fourth-order valence-electron chi connectivity index (χ4n) is 3.97. The monoisotopic (exact) mass is 472 g/mol. The molecule has 1 amide bonds. The number of para-hydroxylation sites is 1. The van der Waals surface area contributed by atoms with Crippen LogP contribution in [0, 0.1) is 5.82 Å². The molecule has 10 heteroatoms. The zero-order chi connectivity index (χ0) is 23.6. The molecule has 1 aliphatic heterocycles. The quantitative estimate of drug-likeness (QED) is 0.571. The van der Waals surface area contributed by atoms with Gasteiger partial charge >= 0.3 is 0 Å². The molecule has 1 aromatic heterocycles. The Labute approximate surface area is 192 Å². The lowest BCUT2D eigenvalue weighted by atomic mass is 10.0. The van der Waals surface area contributed by atoms with Crippen molar-refractivity contribution in [1.82, 2.24) is 19.2 Å². The van der Waals surface area contributed by atoms with Crippen LogP contribution in [0.1, 0.15) is 40.6 Å². The number of sulfonamides is 1. The van der Waals surface area contributed by atoms with Crippen LogP contribution >= 0.6 is 0 Å². The van der Waals surface area contributed by atoms with Gasteiger partial charge in [-0.1, -0.05) is 18.2 Å². The van der Waals surface area contributed by atoms with Crippen LogP contribution in [0.5, 0.6) is 5.75 Å². The van der Waals surface area contributed by atoms with Crippen molar-refractivity contribution in [1.29, 1.82) is 0 Å². The fraction of sp³-hybridized carbons (Fsp3) is 0.304. The number of ether oxygens (including phenoxy) is 1. The summed E-state index contributed by atoms with van der Waals surface area (Å²) in [6.07, 6.45) is 4.82. The Morgan fingerprint density at radius 1 is 1.18 bits per heavy atom. The molecule has 1 atom stereocenters. The normalized spacial score (nSPS) is 15.4. The minimum atomic E-state index is -4.02. The Kier molecular flexibility index (Phi) is 6.48. The summed E-state index contributed by atoms with van der Waals surface area (Å²) in [6.45, 7) is 0.681. The SMILES string of the molecule is COc1ccccc1C(NC(=O)c1ccc(F)c(S(=O)(=O)N2CCCC2)c1)c1nccn1C. The number of hydrogen-bond acceptors (Lipinski definition) is 5. The Morgan fingerprint density at radius 2 is 1.91 bits per heavy atom. The van der Waals surface area contributed by atoms with Gasteiger partial charge in [0.15, 0.2) is 0 Å². The molecule has 33 heavy (non-hydrogen) atoms. The van der Waals surface area contributed by atoms with Gasteiger partial charge in [0, 0.05) is 43.7 Å². The third-order valence-corrected chi connectivity index (χ3v) is 7.63. The lowest BCUT2D eigenvalue weighted by molar-refractivity contribution is 0.0940. The van der Waals surface area contributed by atoms with Gasteiger partial charge in [0.05, 0.1) is 7.11 Å². The van der Waals surface area contributed by atoms with E-state index in [0.717, 1.165) is 25.0 Å². The molecule has 1 N–H and O–H groups in total. The Bertz CT molecular complexity index is 1270. The zero-order valence-electron chi connectivity index (χ0n) is 18.4. The molecule has 8 nitrogen and oxygen atoms in total. The highest BCUT2D eigenvalue weighted by molar-refractivity contribution is 7.89. The predicted octanol–water partition coefficient (Wildman–Crippen LogP) is 2.87. The van der Waals surface area contributed by atoms with Gasteiger partial charge in [0.2, 0.25) is 10.0 Å². The minimum Gasteiger partial charge on any atom is -0.496 e. The number of carbonyl (C=O) groups is 1. The number of halogens is 1. The maximum atomic E-state index is 14.5. The van der Waals surface area contributed by atoms with E-state index in [2.05, 4.69) is 10.3 Å². The summed E-state index contributed by atoms with van der Waals surface area (Å²) in [5, 5.41) is 2.90. The fourth-order valence-corrected chi connectivity index (χ4v) is 5.57. The van der Waals surface area contributed by atoms with Crippen molar-refractivity contribution in [3.8, 4) is 5.75 Å². The van der Waals surface area contributed by atoms with Crippen molar-refractivity contribution in [2.45, 2.75) is 23.8 Å². The molecule has 1 aliphatic rings. The van der Waals surface area contributed by atoms with Gasteiger partial charge in [-0.05, 0) is 37.1 Å². The number of nitrogens with zero attached hydrogens (tertiary/aromatic N) is 3. The number of carbonyl (C=O) groups excluding carboxylic acids is 1. The average Bonchev–Trinajstić information content (AvgIpc) is 3.50. The summed E-state index contributed by atoms with van der Waals surface area (Å²) in [5.41, 5.74) is 0.706. The molecule has 0 spiro atoms. The Balaban J connectivity index is 1.70. The standard InChI is InChI=1S/C23H25FN4O4S/c1-27-14-11-25-22(27)21(17-7-3-4-8-19(17)32-2)26-23(29)16-9-10-18(24)20(15-16)33(30,31)28-12-5-6-13-28/h3-4,7-11,14-15,21H,5-6,12-13H2,1-2H3,(H,26,29). The van der Waals surface area contributed by atoms with E-state index >= 15 is 0 Å². The smallest absolute Gasteiger partial charge is 0.252 e. The highest BCUT2D eigenvalue weighted by Crippen LogP contribution is 2.30. The van der Waals surface area contributed by atoms with Gasteiger partial charge in [0.25, 0.3) is 5.91 Å². The second kappa shape index (κ2) is 9.32. The van der Waals surface area contributed by atoms with Gasteiger partial charge in [-0.2, -0.15) is 4.31 Å². The maximum absolute atomic E-state index is 14.5. The van der Waals surface area contributed by atoms with Crippen molar-refractivity contribution in [2.75, 3.05) is 20.2 Å². The van der Waals surface area contributed by atoms with Gasteiger partial charge in [-0.25, -0.2) is 17.8 Å². The predicted molar refractivity (Wildman–Crippen MR) is 120 cm³/mol. The molecule has 0 bridgehead atoms. The van der Waals surface area contributed by atoms with Gasteiger partial charge in [-0.3, -0.25) is 4.79 Å². The summed E-state index contributed by atoms with van der Waals surface area (Å²) >= 11 is 0. The van der Waals surface area contributed by atoms with Crippen LogP contribution in [-0.2, 0) is 17.1 Å². The van der Waals surface area contributed by atoms with Crippen molar-refractivity contribution >= 4 is 15.9 Å². The molecule has 0 radical (unpaired) electrons. The van der Waals surface area contributed by atoms with E-state index in [1.807, 2.05) is 18.2 Å². The first-order chi connectivity index (χ1) is 15.8. The van der Waals surface area contributed by atoms with Crippen LogP contribution in [0.25, 0.3) is 0 Å². The summed E-state index contributed by atoms with van der Waals surface area (Å²) in [7, 11) is -0.690. The number of methoxy groups -OCH3 is 1. The molecule has 1 unspecified atom stereocenters. The molecule has 1 saturated heterocycles. The van der Waals surface area contributed by atoms with Gasteiger partial charge < -0.3 is 14.6 Å². The number of aromatic nitrogens is 2. The van der Waals surface area contributed by atoms with Crippen LogP contribution in [0.4, 0.5) is 4.39 Å². The zero-order valence-corrected chi connectivity index (χ0v) is 19.2. The number of nitrogens with one attached hydrogen (secondary N) is 1. The molecule has 2 aromatic carbocycles.